The quantitative estimate of drug-likeness (QED) is 0.670. The molecule has 0 N–H and O–H groups in total. The Kier molecular flexibility index (Phi) is 2.25. The summed E-state index contributed by atoms with van der Waals surface area (Å²) in [5.74, 6) is 0. The van der Waals surface area contributed by atoms with E-state index in [1.165, 1.54) is 10.5 Å². The third-order valence-electron chi connectivity index (χ3n) is 3.28. The molecule has 0 saturated carbocycles. The molecule has 80 valence electrons. The van der Waals surface area contributed by atoms with E-state index in [1.807, 2.05) is 12.1 Å². The van der Waals surface area contributed by atoms with Crippen molar-refractivity contribution in [3.05, 3.63) is 29.8 Å². The van der Waals surface area contributed by atoms with Crippen LogP contribution in [0.3, 0.4) is 0 Å². The SMILES string of the molecule is FC1COCCC12Cc1ccccc1S2. The van der Waals surface area contributed by atoms with Crippen molar-refractivity contribution in [1.29, 1.82) is 0 Å². The molecule has 3 heteroatoms. The Morgan fingerprint density at radius 2 is 2.27 bits per heavy atom. The topological polar surface area (TPSA) is 9.23 Å². The first kappa shape index (κ1) is 9.67. The van der Waals surface area contributed by atoms with Crippen LogP contribution in [-0.2, 0) is 11.2 Å². The second kappa shape index (κ2) is 3.49. The summed E-state index contributed by atoms with van der Waals surface area (Å²) in [4.78, 5) is 1.25. The smallest absolute Gasteiger partial charge is 0.139 e. The fourth-order valence-electron chi connectivity index (χ4n) is 2.38. The molecule has 1 saturated heterocycles. The zero-order valence-corrected chi connectivity index (χ0v) is 9.23. The average Bonchev–Trinajstić information content (AvgIpc) is 2.62. The molecular formula is C12H13FOS. The van der Waals surface area contributed by atoms with Crippen LogP contribution in [0.15, 0.2) is 29.2 Å². The zero-order valence-electron chi connectivity index (χ0n) is 8.41. The highest BCUT2D eigenvalue weighted by molar-refractivity contribution is 8.01. The minimum absolute atomic E-state index is 0.234. The van der Waals surface area contributed by atoms with Gasteiger partial charge in [-0.25, -0.2) is 4.39 Å². The maximum atomic E-state index is 14.0. The van der Waals surface area contributed by atoms with Crippen molar-refractivity contribution in [2.24, 2.45) is 0 Å². The van der Waals surface area contributed by atoms with Gasteiger partial charge in [0.1, 0.15) is 6.17 Å². The van der Waals surface area contributed by atoms with E-state index in [0.29, 0.717) is 6.61 Å². The van der Waals surface area contributed by atoms with Crippen molar-refractivity contribution in [3.63, 3.8) is 0 Å². The van der Waals surface area contributed by atoms with Gasteiger partial charge in [-0.3, -0.25) is 0 Å². The van der Waals surface area contributed by atoms with Gasteiger partial charge in [0, 0.05) is 11.5 Å². The molecule has 2 aliphatic rings. The molecule has 3 rings (SSSR count). The van der Waals surface area contributed by atoms with Gasteiger partial charge in [0.2, 0.25) is 0 Å². The number of hydrogen-bond donors (Lipinski definition) is 0. The van der Waals surface area contributed by atoms with Gasteiger partial charge < -0.3 is 4.74 Å². The van der Waals surface area contributed by atoms with Crippen LogP contribution in [0.25, 0.3) is 0 Å². The Bertz CT molecular complexity index is 355. The van der Waals surface area contributed by atoms with E-state index in [2.05, 4.69) is 12.1 Å². The lowest BCUT2D eigenvalue weighted by Crippen LogP contribution is -2.44. The molecule has 2 aliphatic heterocycles. The van der Waals surface area contributed by atoms with Crippen molar-refractivity contribution in [3.8, 4) is 0 Å². The first-order chi connectivity index (χ1) is 7.30. The Morgan fingerprint density at radius 1 is 1.40 bits per heavy atom. The van der Waals surface area contributed by atoms with E-state index in [0.717, 1.165) is 12.8 Å². The van der Waals surface area contributed by atoms with Gasteiger partial charge in [0.15, 0.2) is 0 Å². The number of benzene rings is 1. The number of ether oxygens (including phenoxy) is 1. The molecule has 0 bridgehead atoms. The molecule has 1 fully saturated rings. The summed E-state index contributed by atoms with van der Waals surface area (Å²) in [7, 11) is 0. The number of fused-ring (bicyclic) bond motifs is 1. The summed E-state index contributed by atoms with van der Waals surface area (Å²) in [6.45, 7) is 0.961. The standard InChI is InChI=1S/C12H13FOS/c13-11-8-14-6-5-12(11)7-9-3-1-2-4-10(9)15-12/h1-4,11H,5-8H2. The van der Waals surface area contributed by atoms with E-state index in [4.69, 9.17) is 4.74 Å². The van der Waals surface area contributed by atoms with E-state index in [-0.39, 0.29) is 11.4 Å². The molecule has 1 aromatic rings. The van der Waals surface area contributed by atoms with E-state index >= 15 is 0 Å². The summed E-state index contributed by atoms with van der Waals surface area (Å²) in [6.07, 6.45) is 0.856. The summed E-state index contributed by atoms with van der Waals surface area (Å²) in [5, 5.41) is 0. The number of thioether (sulfide) groups is 1. The summed E-state index contributed by atoms with van der Waals surface area (Å²) in [6, 6.07) is 8.26. The maximum absolute atomic E-state index is 14.0. The highest BCUT2D eigenvalue weighted by Crippen LogP contribution is 2.51. The van der Waals surface area contributed by atoms with Crippen LogP contribution in [0.1, 0.15) is 12.0 Å². The molecule has 2 heterocycles. The lowest BCUT2D eigenvalue weighted by atomic mass is 9.90. The van der Waals surface area contributed by atoms with Crippen molar-refractivity contribution in [2.75, 3.05) is 13.2 Å². The van der Waals surface area contributed by atoms with Crippen LogP contribution >= 0.6 is 11.8 Å². The van der Waals surface area contributed by atoms with Crippen LogP contribution in [0.5, 0.6) is 0 Å². The monoisotopic (exact) mass is 224 g/mol. The Labute approximate surface area is 93.0 Å². The minimum Gasteiger partial charge on any atom is -0.378 e. The summed E-state index contributed by atoms with van der Waals surface area (Å²) in [5.41, 5.74) is 1.30. The van der Waals surface area contributed by atoms with Crippen molar-refractivity contribution < 1.29 is 9.13 Å². The molecule has 0 aromatic heterocycles. The van der Waals surface area contributed by atoms with E-state index in [1.54, 1.807) is 11.8 Å². The van der Waals surface area contributed by atoms with Gasteiger partial charge in [-0.05, 0) is 24.5 Å². The average molecular weight is 224 g/mol. The first-order valence-corrected chi connectivity index (χ1v) is 6.11. The maximum Gasteiger partial charge on any atom is 0.139 e. The van der Waals surface area contributed by atoms with Gasteiger partial charge >= 0.3 is 0 Å². The van der Waals surface area contributed by atoms with Gasteiger partial charge in [-0.2, -0.15) is 0 Å². The largest absolute Gasteiger partial charge is 0.378 e. The number of alkyl halides is 1. The fraction of sp³-hybridized carbons (Fsp3) is 0.500. The molecule has 2 unspecified atom stereocenters. The Balaban J connectivity index is 1.93. The van der Waals surface area contributed by atoms with Crippen molar-refractivity contribution in [1.82, 2.24) is 0 Å². The van der Waals surface area contributed by atoms with Gasteiger partial charge in [-0.15, -0.1) is 11.8 Å². The fourth-order valence-corrected chi connectivity index (χ4v) is 3.85. The second-order valence-corrected chi connectivity index (χ2v) is 5.70. The molecule has 0 aliphatic carbocycles. The number of halogens is 1. The van der Waals surface area contributed by atoms with Gasteiger partial charge in [-0.1, -0.05) is 18.2 Å². The van der Waals surface area contributed by atoms with Crippen LogP contribution in [0.2, 0.25) is 0 Å². The van der Waals surface area contributed by atoms with Crippen molar-refractivity contribution in [2.45, 2.75) is 28.7 Å². The molecule has 0 radical (unpaired) electrons. The number of rotatable bonds is 0. The van der Waals surface area contributed by atoms with Gasteiger partial charge in [0.25, 0.3) is 0 Å². The number of hydrogen-bond acceptors (Lipinski definition) is 2. The predicted molar refractivity (Wildman–Crippen MR) is 59.1 cm³/mol. The van der Waals surface area contributed by atoms with Crippen LogP contribution in [0, 0.1) is 0 Å². The summed E-state index contributed by atoms with van der Waals surface area (Å²) >= 11 is 1.71. The third kappa shape index (κ3) is 1.49. The summed E-state index contributed by atoms with van der Waals surface area (Å²) < 4.78 is 18.9. The molecule has 1 aromatic carbocycles. The Morgan fingerprint density at radius 3 is 3.07 bits per heavy atom. The molecule has 1 nitrogen and oxygen atoms in total. The zero-order chi connectivity index (χ0) is 10.3. The predicted octanol–water partition coefficient (Wildman–Crippen LogP) is 2.83. The highest BCUT2D eigenvalue weighted by atomic mass is 32.2. The lowest BCUT2D eigenvalue weighted by molar-refractivity contribution is 0.0133. The molecule has 15 heavy (non-hydrogen) atoms. The molecule has 1 spiro atoms. The van der Waals surface area contributed by atoms with Crippen LogP contribution < -0.4 is 0 Å². The third-order valence-corrected chi connectivity index (χ3v) is 4.91. The molecular weight excluding hydrogens is 211 g/mol. The molecule has 0 amide bonds. The first-order valence-electron chi connectivity index (χ1n) is 5.29. The normalized spacial score (nSPS) is 34.3. The van der Waals surface area contributed by atoms with E-state index in [9.17, 15) is 4.39 Å². The lowest BCUT2D eigenvalue weighted by Gasteiger charge is -2.35. The molecule has 2 atom stereocenters. The second-order valence-electron chi connectivity index (χ2n) is 4.24. The Hall–Kier alpha value is -0.540. The minimum atomic E-state index is -0.830. The van der Waals surface area contributed by atoms with Crippen LogP contribution in [0.4, 0.5) is 4.39 Å². The van der Waals surface area contributed by atoms with E-state index < -0.39 is 6.17 Å². The highest BCUT2D eigenvalue weighted by Gasteiger charge is 2.47. The van der Waals surface area contributed by atoms with Gasteiger partial charge in [0.05, 0.1) is 11.4 Å². The van der Waals surface area contributed by atoms with Crippen molar-refractivity contribution >= 4 is 11.8 Å². The van der Waals surface area contributed by atoms with Crippen LogP contribution in [-0.4, -0.2) is 24.1 Å².